The summed E-state index contributed by atoms with van der Waals surface area (Å²) in [6, 6.07) is 10.1. The summed E-state index contributed by atoms with van der Waals surface area (Å²) in [5.74, 6) is 0. The number of nitrogens with one attached hydrogen (secondary N) is 1. The Bertz CT molecular complexity index is 1060. The molecule has 6 nitrogen and oxygen atoms in total. The number of fused-ring (bicyclic) bond motifs is 1. The zero-order valence-electron chi connectivity index (χ0n) is 13.7. The first-order valence-electron chi connectivity index (χ1n) is 8.11. The Kier molecular flexibility index (Phi) is 4.56. The number of imidazole rings is 1. The van der Waals surface area contributed by atoms with Gasteiger partial charge in [-0.25, -0.2) is 17.4 Å². The van der Waals surface area contributed by atoms with E-state index in [1.165, 1.54) is 18.5 Å². The lowest BCUT2D eigenvalue weighted by Crippen LogP contribution is -2.43. The van der Waals surface area contributed by atoms with Gasteiger partial charge < -0.3 is 10.2 Å². The normalized spacial score (nSPS) is 15.5. The van der Waals surface area contributed by atoms with Crippen molar-refractivity contribution in [1.82, 2.24) is 14.3 Å². The summed E-state index contributed by atoms with van der Waals surface area (Å²) in [5, 5.41) is 3.47. The van der Waals surface area contributed by atoms with Gasteiger partial charge in [0.25, 0.3) is 10.0 Å². The third-order valence-electron chi connectivity index (χ3n) is 4.42. The molecule has 0 unspecified atom stereocenters. The summed E-state index contributed by atoms with van der Waals surface area (Å²) in [7, 11) is -3.97. The fourth-order valence-electron chi connectivity index (χ4n) is 3.18. The van der Waals surface area contributed by atoms with E-state index < -0.39 is 10.0 Å². The van der Waals surface area contributed by atoms with Crippen molar-refractivity contribution in [2.24, 2.45) is 0 Å². The van der Waals surface area contributed by atoms with Gasteiger partial charge in [0.2, 0.25) is 0 Å². The van der Waals surface area contributed by atoms with Gasteiger partial charge in [-0.2, -0.15) is 0 Å². The molecule has 4 rings (SSSR count). The molecular weight excluding hydrogens is 395 g/mol. The number of piperazine rings is 1. The number of para-hydroxylation sites is 1. The van der Waals surface area contributed by atoms with Crippen LogP contribution in [0.2, 0.25) is 10.0 Å². The Balaban J connectivity index is 1.88. The second kappa shape index (κ2) is 6.74. The van der Waals surface area contributed by atoms with Crippen LogP contribution in [-0.4, -0.2) is 43.6 Å². The minimum atomic E-state index is -3.97. The Morgan fingerprint density at radius 2 is 1.65 bits per heavy atom. The van der Waals surface area contributed by atoms with Gasteiger partial charge >= 0.3 is 0 Å². The van der Waals surface area contributed by atoms with E-state index in [0.29, 0.717) is 11.0 Å². The summed E-state index contributed by atoms with van der Waals surface area (Å²) in [6.07, 6.45) is 1.31. The zero-order chi connectivity index (χ0) is 18.3. The van der Waals surface area contributed by atoms with Crippen LogP contribution in [0.5, 0.6) is 0 Å². The van der Waals surface area contributed by atoms with Crippen molar-refractivity contribution in [2.75, 3.05) is 31.1 Å². The quantitative estimate of drug-likeness (QED) is 0.718. The lowest BCUT2D eigenvalue weighted by Gasteiger charge is -2.29. The monoisotopic (exact) mass is 410 g/mol. The number of hydrogen-bond acceptors (Lipinski definition) is 5. The number of rotatable bonds is 3. The number of benzene rings is 2. The molecule has 2 heterocycles. The predicted octanol–water partition coefficient (Wildman–Crippen LogP) is 2.99. The molecule has 1 saturated heterocycles. The van der Waals surface area contributed by atoms with Gasteiger partial charge in [0, 0.05) is 26.2 Å². The fourth-order valence-corrected chi connectivity index (χ4v) is 5.57. The van der Waals surface area contributed by atoms with Crippen molar-refractivity contribution in [3.05, 3.63) is 52.8 Å². The molecule has 3 aromatic rings. The molecule has 0 bridgehead atoms. The van der Waals surface area contributed by atoms with E-state index in [0.717, 1.165) is 35.8 Å². The molecule has 0 spiro atoms. The van der Waals surface area contributed by atoms with Crippen molar-refractivity contribution < 1.29 is 8.42 Å². The number of aromatic nitrogens is 2. The molecule has 1 aliphatic rings. The van der Waals surface area contributed by atoms with Crippen LogP contribution in [0.3, 0.4) is 0 Å². The first kappa shape index (κ1) is 17.6. The van der Waals surface area contributed by atoms with E-state index >= 15 is 0 Å². The second-order valence-corrected chi connectivity index (χ2v) is 8.54. The van der Waals surface area contributed by atoms with Crippen molar-refractivity contribution in [3.8, 4) is 0 Å². The maximum absolute atomic E-state index is 13.2. The number of halogens is 2. The van der Waals surface area contributed by atoms with E-state index in [9.17, 15) is 8.42 Å². The second-order valence-electron chi connectivity index (χ2n) is 5.98. The van der Waals surface area contributed by atoms with E-state index in [1.807, 2.05) is 12.1 Å². The lowest BCUT2D eigenvalue weighted by molar-refractivity contribution is 0.588. The topological polar surface area (TPSA) is 67.2 Å². The zero-order valence-corrected chi connectivity index (χ0v) is 16.0. The third kappa shape index (κ3) is 2.85. The van der Waals surface area contributed by atoms with Crippen molar-refractivity contribution in [2.45, 2.75) is 4.90 Å². The minimum absolute atomic E-state index is 0.0811. The Morgan fingerprint density at radius 1 is 1.00 bits per heavy atom. The molecule has 1 aliphatic heterocycles. The molecule has 2 aromatic carbocycles. The van der Waals surface area contributed by atoms with Crippen LogP contribution in [0.1, 0.15) is 0 Å². The Labute approximate surface area is 161 Å². The van der Waals surface area contributed by atoms with Crippen LogP contribution < -0.4 is 10.2 Å². The lowest BCUT2D eigenvalue weighted by atomic mass is 10.2. The van der Waals surface area contributed by atoms with Gasteiger partial charge in [-0.3, -0.25) is 0 Å². The van der Waals surface area contributed by atoms with Crippen LogP contribution in [0.15, 0.2) is 47.6 Å². The smallest absolute Gasteiger partial charge is 0.272 e. The molecule has 1 aromatic heterocycles. The maximum Gasteiger partial charge on any atom is 0.272 e. The SMILES string of the molecule is O=S(=O)(c1c(Cl)cccc1Cl)n1cnc2c(N3CCNCC3)cccc21. The van der Waals surface area contributed by atoms with E-state index in [4.69, 9.17) is 23.2 Å². The standard InChI is InChI=1S/C17H16Cl2N4O2S/c18-12-3-1-4-13(19)17(12)26(24,25)23-11-21-16-14(5-2-6-15(16)23)22-9-7-20-8-10-22/h1-6,11,20H,7-10H2. The summed E-state index contributed by atoms with van der Waals surface area (Å²) in [4.78, 5) is 6.46. The van der Waals surface area contributed by atoms with Gasteiger partial charge in [0.1, 0.15) is 16.7 Å². The molecular formula is C17H16Cl2N4O2S. The molecule has 26 heavy (non-hydrogen) atoms. The molecule has 0 radical (unpaired) electrons. The van der Waals surface area contributed by atoms with Crippen LogP contribution in [-0.2, 0) is 10.0 Å². The molecule has 0 atom stereocenters. The van der Waals surface area contributed by atoms with Gasteiger partial charge in [-0.05, 0) is 24.3 Å². The van der Waals surface area contributed by atoms with Gasteiger partial charge in [0.05, 0.1) is 21.2 Å². The van der Waals surface area contributed by atoms with E-state index in [2.05, 4.69) is 15.2 Å². The van der Waals surface area contributed by atoms with Crippen LogP contribution >= 0.6 is 23.2 Å². The molecule has 0 aliphatic carbocycles. The average Bonchev–Trinajstić information content (AvgIpc) is 3.07. The summed E-state index contributed by atoms with van der Waals surface area (Å²) >= 11 is 12.2. The molecule has 0 saturated carbocycles. The minimum Gasteiger partial charge on any atom is -0.367 e. The highest BCUT2D eigenvalue weighted by atomic mass is 35.5. The summed E-state index contributed by atoms with van der Waals surface area (Å²) < 4.78 is 27.5. The van der Waals surface area contributed by atoms with Crippen molar-refractivity contribution in [1.29, 1.82) is 0 Å². The predicted molar refractivity (Wildman–Crippen MR) is 104 cm³/mol. The van der Waals surface area contributed by atoms with Crippen LogP contribution in [0, 0.1) is 0 Å². The summed E-state index contributed by atoms with van der Waals surface area (Å²) in [6.45, 7) is 3.44. The third-order valence-corrected chi connectivity index (χ3v) is 7.03. The number of nitrogens with zero attached hydrogens (tertiary/aromatic N) is 3. The number of hydrogen-bond donors (Lipinski definition) is 1. The number of anilines is 1. The van der Waals surface area contributed by atoms with Gasteiger partial charge in [0.15, 0.2) is 0 Å². The maximum atomic E-state index is 13.2. The largest absolute Gasteiger partial charge is 0.367 e. The van der Waals surface area contributed by atoms with Crippen molar-refractivity contribution >= 4 is 49.9 Å². The molecule has 1 fully saturated rings. The first-order chi connectivity index (χ1) is 12.5. The van der Waals surface area contributed by atoms with E-state index in [1.54, 1.807) is 12.1 Å². The molecule has 1 N–H and O–H groups in total. The van der Waals surface area contributed by atoms with Crippen LogP contribution in [0.4, 0.5) is 5.69 Å². The summed E-state index contributed by atoms with van der Waals surface area (Å²) in [5.41, 5.74) is 2.06. The van der Waals surface area contributed by atoms with Crippen molar-refractivity contribution in [3.63, 3.8) is 0 Å². The van der Waals surface area contributed by atoms with E-state index in [-0.39, 0.29) is 14.9 Å². The van der Waals surface area contributed by atoms with Gasteiger partial charge in [-0.15, -0.1) is 0 Å². The molecule has 136 valence electrons. The first-order valence-corrected chi connectivity index (χ1v) is 10.3. The Hall–Kier alpha value is -1.80. The van der Waals surface area contributed by atoms with Crippen LogP contribution in [0.25, 0.3) is 11.0 Å². The highest BCUT2D eigenvalue weighted by molar-refractivity contribution is 7.90. The Morgan fingerprint density at radius 3 is 2.35 bits per heavy atom. The molecule has 0 amide bonds. The van der Waals surface area contributed by atoms with Gasteiger partial charge in [-0.1, -0.05) is 35.3 Å². The molecule has 9 heteroatoms. The highest BCUT2D eigenvalue weighted by Gasteiger charge is 2.26. The fraction of sp³-hybridized carbons (Fsp3) is 0.235. The highest BCUT2D eigenvalue weighted by Crippen LogP contribution is 2.33. The average molecular weight is 411 g/mol.